The lowest BCUT2D eigenvalue weighted by Crippen LogP contribution is -2.31. The number of aromatic hydroxyl groups is 2. The molecule has 4 rings (SSSR count). The van der Waals surface area contributed by atoms with Gasteiger partial charge in [0.2, 0.25) is 0 Å². The van der Waals surface area contributed by atoms with Gasteiger partial charge in [0.15, 0.2) is 5.60 Å². The van der Waals surface area contributed by atoms with Crippen molar-refractivity contribution < 1.29 is 29.6 Å². The fraction of sp³-hybridized carbons (Fsp3) is 0.310. The third kappa shape index (κ3) is 3.96. The van der Waals surface area contributed by atoms with Gasteiger partial charge in [0.1, 0.15) is 11.5 Å². The minimum Gasteiger partial charge on any atom is -0.507 e. The van der Waals surface area contributed by atoms with E-state index < -0.39 is 17.5 Å². The number of hydrogen-bond acceptors (Lipinski definition) is 5. The number of carboxylic acid groups (broad SMARTS) is 1. The highest BCUT2D eigenvalue weighted by atomic mass is 79.9. The summed E-state index contributed by atoms with van der Waals surface area (Å²) in [5.74, 6) is -1.63. The van der Waals surface area contributed by atoms with Gasteiger partial charge in [-0.15, -0.1) is 0 Å². The van der Waals surface area contributed by atoms with Gasteiger partial charge in [-0.3, -0.25) is 0 Å². The number of benzene rings is 3. The summed E-state index contributed by atoms with van der Waals surface area (Å²) in [7, 11) is 0. The number of phenols is 2. The molecule has 0 spiro atoms. The van der Waals surface area contributed by atoms with Gasteiger partial charge < -0.3 is 20.1 Å². The minimum absolute atomic E-state index is 0.0119. The topological polar surface area (TPSA) is 104 Å². The van der Waals surface area contributed by atoms with Gasteiger partial charge in [-0.25, -0.2) is 9.59 Å². The van der Waals surface area contributed by atoms with Crippen molar-refractivity contribution in [2.45, 2.75) is 59.0 Å². The Labute approximate surface area is 232 Å². The summed E-state index contributed by atoms with van der Waals surface area (Å²) in [6.07, 6.45) is 2.08. The Hall–Kier alpha value is -2.84. The van der Waals surface area contributed by atoms with Crippen LogP contribution in [-0.4, -0.2) is 27.3 Å². The molecule has 0 aliphatic carbocycles. The zero-order valence-electron chi connectivity index (χ0n) is 21.0. The number of ether oxygens (including phenoxy) is 1. The molecular weight excluding hydrogens is 604 g/mol. The van der Waals surface area contributed by atoms with Crippen LogP contribution in [0.25, 0.3) is 0 Å². The lowest BCUT2D eigenvalue weighted by molar-refractivity contribution is 0.0244. The second-order valence-electron chi connectivity index (χ2n) is 8.97. The van der Waals surface area contributed by atoms with E-state index in [1.54, 1.807) is 12.1 Å². The van der Waals surface area contributed by atoms with Crippen LogP contribution in [0.3, 0.4) is 0 Å². The first-order valence-corrected chi connectivity index (χ1v) is 13.8. The smallest absolute Gasteiger partial charge is 0.341 e. The predicted molar refractivity (Wildman–Crippen MR) is 148 cm³/mol. The van der Waals surface area contributed by atoms with E-state index >= 15 is 0 Å². The monoisotopic (exact) mass is 630 g/mol. The summed E-state index contributed by atoms with van der Waals surface area (Å²) in [5, 5.41) is 31.8. The summed E-state index contributed by atoms with van der Waals surface area (Å²) in [4.78, 5) is 25.6. The lowest BCUT2D eigenvalue weighted by Gasteiger charge is -2.34. The van der Waals surface area contributed by atoms with Gasteiger partial charge in [0.25, 0.3) is 0 Å². The predicted octanol–water partition coefficient (Wildman–Crippen LogP) is 7.03. The number of esters is 1. The van der Waals surface area contributed by atoms with E-state index in [-0.39, 0.29) is 22.6 Å². The van der Waals surface area contributed by atoms with Crippen LogP contribution in [0.2, 0.25) is 0 Å². The van der Waals surface area contributed by atoms with Crippen LogP contribution in [0.4, 0.5) is 0 Å². The second-order valence-corrected chi connectivity index (χ2v) is 10.6. The summed E-state index contributed by atoms with van der Waals surface area (Å²) < 4.78 is 7.44. The molecule has 1 aliphatic heterocycles. The number of carboxylic acids is 1. The average Bonchev–Trinajstić information content (AvgIpc) is 3.18. The Kier molecular flexibility index (Phi) is 7.45. The molecule has 0 amide bonds. The van der Waals surface area contributed by atoms with Gasteiger partial charge in [0.05, 0.1) is 11.1 Å². The molecule has 37 heavy (non-hydrogen) atoms. The number of cyclic esters (lactones) is 1. The molecule has 1 heterocycles. The van der Waals surface area contributed by atoms with E-state index in [9.17, 15) is 24.9 Å². The third-order valence-electron chi connectivity index (χ3n) is 7.17. The van der Waals surface area contributed by atoms with E-state index in [4.69, 9.17) is 4.74 Å². The van der Waals surface area contributed by atoms with Crippen LogP contribution in [0.15, 0.2) is 39.3 Å². The van der Waals surface area contributed by atoms with Crippen LogP contribution in [0.5, 0.6) is 11.5 Å². The van der Waals surface area contributed by atoms with Gasteiger partial charge in [-0.1, -0.05) is 39.8 Å². The Morgan fingerprint density at radius 3 is 1.73 bits per heavy atom. The van der Waals surface area contributed by atoms with Crippen LogP contribution in [0, 0.1) is 0 Å². The maximum Gasteiger partial charge on any atom is 0.341 e. The van der Waals surface area contributed by atoms with Crippen molar-refractivity contribution in [1.29, 1.82) is 0 Å². The van der Waals surface area contributed by atoms with E-state index in [2.05, 4.69) is 31.9 Å². The molecule has 8 heteroatoms. The summed E-state index contributed by atoms with van der Waals surface area (Å²) in [6, 6.07) is 8.32. The van der Waals surface area contributed by atoms with Crippen LogP contribution >= 0.6 is 31.9 Å². The van der Waals surface area contributed by atoms with Crippen molar-refractivity contribution in [3.8, 4) is 11.5 Å². The molecule has 0 radical (unpaired) electrons. The molecule has 0 saturated carbocycles. The van der Waals surface area contributed by atoms with Crippen molar-refractivity contribution in [1.82, 2.24) is 0 Å². The minimum atomic E-state index is -1.54. The first-order valence-electron chi connectivity index (χ1n) is 12.3. The van der Waals surface area contributed by atoms with Crippen molar-refractivity contribution >= 4 is 43.8 Å². The molecule has 0 saturated heterocycles. The van der Waals surface area contributed by atoms with E-state index in [0.29, 0.717) is 73.6 Å². The largest absolute Gasteiger partial charge is 0.507 e. The summed E-state index contributed by atoms with van der Waals surface area (Å²) in [6.45, 7) is 7.70. The van der Waals surface area contributed by atoms with Crippen LogP contribution < -0.4 is 0 Å². The van der Waals surface area contributed by atoms with Crippen LogP contribution in [-0.2, 0) is 36.0 Å². The van der Waals surface area contributed by atoms with Crippen molar-refractivity contribution in [2.75, 3.05) is 0 Å². The molecule has 1 aliphatic rings. The number of halogens is 2. The number of hydrogen-bond donors (Lipinski definition) is 3. The van der Waals surface area contributed by atoms with Gasteiger partial charge in [-0.05, 0) is 86.9 Å². The highest BCUT2D eigenvalue weighted by Gasteiger charge is 2.53. The molecule has 0 bridgehead atoms. The molecule has 3 N–H and O–H groups in total. The third-order valence-corrected chi connectivity index (χ3v) is 8.98. The van der Waals surface area contributed by atoms with Gasteiger partial charge >= 0.3 is 11.9 Å². The normalized spacial score (nSPS) is 13.9. The molecule has 0 aromatic heterocycles. The molecule has 3 aromatic carbocycles. The zero-order valence-corrected chi connectivity index (χ0v) is 24.2. The first-order chi connectivity index (χ1) is 17.6. The number of aryl methyl sites for hydroxylation is 2. The van der Waals surface area contributed by atoms with E-state index in [1.165, 1.54) is 6.07 Å². The van der Waals surface area contributed by atoms with Gasteiger partial charge in [-0.2, -0.15) is 0 Å². The molecular formula is C29H28Br2O6. The number of rotatable bonds is 7. The van der Waals surface area contributed by atoms with E-state index in [1.807, 2.05) is 39.8 Å². The Morgan fingerprint density at radius 2 is 1.32 bits per heavy atom. The number of fused-ring (bicyclic) bond motifs is 1. The second kappa shape index (κ2) is 10.1. The number of carbonyl (C=O) groups excluding carboxylic acids is 1. The standard InChI is InChI=1S/C29H28Br2O6/c1-5-14-12-20(23(30)16(7-3)25(14)32)29(21-13-15(6-2)26(33)17(8-4)24(21)31)19-11-9-10-18(27(34)35)22(19)28(36)37-29/h9-13,32-33H,5-8H2,1-4H3,(H,34,35). The summed E-state index contributed by atoms with van der Waals surface area (Å²) in [5.41, 5.74) is 2.51. The van der Waals surface area contributed by atoms with Crippen molar-refractivity contribution in [2.24, 2.45) is 0 Å². The number of carbonyl (C=O) groups is 2. The van der Waals surface area contributed by atoms with Crippen molar-refractivity contribution in [3.05, 3.63) is 89.3 Å². The average molecular weight is 632 g/mol. The Balaban J connectivity index is 2.27. The fourth-order valence-electron chi connectivity index (χ4n) is 5.26. The van der Waals surface area contributed by atoms with E-state index in [0.717, 1.165) is 0 Å². The molecule has 3 aromatic rings. The first kappa shape index (κ1) is 27.2. The Morgan fingerprint density at radius 1 is 0.838 bits per heavy atom. The van der Waals surface area contributed by atoms with Crippen LogP contribution in [0.1, 0.15) is 87.4 Å². The van der Waals surface area contributed by atoms with Gasteiger partial charge in [0, 0.05) is 36.8 Å². The highest BCUT2D eigenvalue weighted by Crippen LogP contribution is 2.55. The fourth-order valence-corrected chi connectivity index (χ4v) is 6.99. The molecule has 194 valence electrons. The number of aromatic carboxylic acids is 1. The molecule has 0 fully saturated rings. The lowest BCUT2D eigenvalue weighted by atomic mass is 9.76. The summed E-state index contributed by atoms with van der Waals surface area (Å²) >= 11 is 7.39. The quantitative estimate of drug-likeness (QED) is 0.242. The molecule has 6 nitrogen and oxygen atoms in total. The van der Waals surface area contributed by atoms with Crippen molar-refractivity contribution in [3.63, 3.8) is 0 Å². The number of phenolic OH excluding ortho intramolecular Hbond substituents is 2. The SMILES string of the molecule is CCc1cc(C2(c3cc(CC)c(O)c(CC)c3Br)OC(=O)c3c(C(=O)O)cccc32)c(Br)c(CC)c1O. The molecule has 0 atom stereocenters. The maximum atomic E-state index is 13.5. The zero-order chi connectivity index (χ0) is 27.2. The Bertz CT molecular complexity index is 1380. The highest BCUT2D eigenvalue weighted by molar-refractivity contribution is 9.11. The molecule has 0 unspecified atom stereocenters. The maximum absolute atomic E-state index is 13.5.